The van der Waals surface area contributed by atoms with Gasteiger partial charge in [0.1, 0.15) is 6.10 Å². The van der Waals surface area contributed by atoms with E-state index >= 15 is 0 Å². The topological polar surface area (TPSA) is 22.1 Å². The molecule has 1 aliphatic carbocycles. The Morgan fingerprint density at radius 1 is 1.32 bits per heavy atom. The molecule has 0 fully saturated rings. The van der Waals surface area contributed by atoms with Crippen molar-refractivity contribution in [1.82, 2.24) is 4.98 Å². The highest BCUT2D eigenvalue weighted by Crippen LogP contribution is 2.33. The SMILES string of the molecule is Fc1cc(Br)cnc1OC1CCCc2ccccc21. The summed E-state index contributed by atoms with van der Waals surface area (Å²) in [6.45, 7) is 0. The van der Waals surface area contributed by atoms with Crippen LogP contribution >= 0.6 is 15.9 Å². The molecular formula is C15H13BrFNO. The fourth-order valence-corrected chi connectivity index (χ4v) is 2.76. The summed E-state index contributed by atoms with van der Waals surface area (Å²) in [6.07, 6.45) is 4.46. The number of rotatable bonds is 2. The molecule has 0 aliphatic heterocycles. The van der Waals surface area contributed by atoms with Gasteiger partial charge in [-0.3, -0.25) is 0 Å². The van der Waals surface area contributed by atoms with Crippen molar-refractivity contribution in [3.8, 4) is 5.88 Å². The normalized spacial score (nSPS) is 17.9. The fraction of sp³-hybridized carbons (Fsp3) is 0.267. The Bertz CT molecular complexity index is 602. The van der Waals surface area contributed by atoms with Crippen LogP contribution in [-0.4, -0.2) is 4.98 Å². The predicted octanol–water partition coefficient (Wildman–Crippen LogP) is 4.44. The van der Waals surface area contributed by atoms with E-state index in [4.69, 9.17) is 4.74 Å². The maximum atomic E-state index is 13.8. The molecule has 1 atom stereocenters. The van der Waals surface area contributed by atoms with Gasteiger partial charge in [0.2, 0.25) is 0 Å². The summed E-state index contributed by atoms with van der Waals surface area (Å²) in [5.74, 6) is -0.359. The number of ether oxygens (including phenoxy) is 1. The first kappa shape index (κ1) is 12.6. The van der Waals surface area contributed by atoms with Gasteiger partial charge in [-0.1, -0.05) is 24.3 Å². The van der Waals surface area contributed by atoms with Gasteiger partial charge in [0.05, 0.1) is 0 Å². The zero-order valence-electron chi connectivity index (χ0n) is 10.3. The van der Waals surface area contributed by atoms with E-state index in [1.165, 1.54) is 11.6 Å². The Morgan fingerprint density at radius 2 is 2.16 bits per heavy atom. The standard InChI is InChI=1S/C15H13BrFNO/c16-11-8-13(17)15(18-9-11)19-14-7-3-5-10-4-1-2-6-12(10)14/h1-2,4,6,8-9,14H,3,5,7H2. The number of aromatic nitrogens is 1. The second-order valence-electron chi connectivity index (χ2n) is 4.64. The molecule has 1 aliphatic rings. The van der Waals surface area contributed by atoms with Crippen LogP contribution in [0.2, 0.25) is 0 Å². The van der Waals surface area contributed by atoms with Gasteiger partial charge in [-0.05, 0) is 52.4 Å². The summed E-state index contributed by atoms with van der Waals surface area (Å²) < 4.78 is 20.1. The third-order valence-electron chi connectivity index (χ3n) is 3.34. The van der Waals surface area contributed by atoms with Gasteiger partial charge in [-0.15, -0.1) is 0 Å². The van der Waals surface area contributed by atoms with Gasteiger partial charge in [-0.25, -0.2) is 9.37 Å². The van der Waals surface area contributed by atoms with Gasteiger partial charge in [-0.2, -0.15) is 0 Å². The van der Waals surface area contributed by atoms with Crippen molar-refractivity contribution in [3.05, 3.63) is 57.9 Å². The monoisotopic (exact) mass is 321 g/mol. The summed E-state index contributed by atoms with van der Waals surface area (Å²) in [5.41, 5.74) is 2.44. The molecule has 0 amide bonds. The summed E-state index contributed by atoms with van der Waals surface area (Å²) >= 11 is 3.19. The van der Waals surface area contributed by atoms with E-state index in [-0.39, 0.29) is 12.0 Å². The van der Waals surface area contributed by atoms with Crippen molar-refractivity contribution < 1.29 is 9.13 Å². The summed E-state index contributed by atoms with van der Waals surface area (Å²) in [4.78, 5) is 4.00. The number of aryl methyl sites for hydroxylation is 1. The van der Waals surface area contributed by atoms with Crippen LogP contribution in [0, 0.1) is 5.82 Å². The third kappa shape index (κ3) is 2.63. The molecular weight excluding hydrogens is 309 g/mol. The van der Waals surface area contributed by atoms with Gasteiger partial charge >= 0.3 is 0 Å². The summed E-state index contributed by atoms with van der Waals surface area (Å²) in [6, 6.07) is 9.55. The van der Waals surface area contributed by atoms with E-state index in [0.29, 0.717) is 4.47 Å². The van der Waals surface area contributed by atoms with Crippen LogP contribution in [0.4, 0.5) is 4.39 Å². The first-order chi connectivity index (χ1) is 9.24. The van der Waals surface area contributed by atoms with Crippen molar-refractivity contribution in [2.45, 2.75) is 25.4 Å². The minimum Gasteiger partial charge on any atom is -0.467 e. The minimum atomic E-state index is -0.433. The minimum absolute atomic E-state index is 0.0740. The van der Waals surface area contributed by atoms with Crippen LogP contribution < -0.4 is 4.74 Å². The molecule has 0 radical (unpaired) electrons. The first-order valence-electron chi connectivity index (χ1n) is 6.29. The quantitative estimate of drug-likeness (QED) is 0.815. The number of halogens is 2. The highest BCUT2D eigenvalue weighted by molar-refractivity contribution is 9.10. The maximum Gasteiger partial charge on any atom is 0.251 e. The molecule has 0 saturated carbocycles. The van der Waals surface area contributed by atoms with Crippen LogP contribution in [-0.2, 0) is 6.42 Å². The average molecular weight is 322 g/mol. The molecule has 0 bridgehead atoms. The van der Waals surface area contributed by atoms with Crippen molar-refractivity contribution in [3.63, 3.8) is 0 Å². The van der Waals surface area contributed by atoms with Gasteiger partial charge < -0.3 is 4.74 Å². The molecule has 1 aromatic heterocycles. The Morgan fingerprint density at radius 3 is 3.00 bits per heavy atom. The number of benzene rings is 1. The van der Waals surface area contributed by atoms with Crippen LogP contribution in [0.1, 0.15) is 30.1 Å². The van der Waals surface area contributed by atoms with E-state index in [1.54, 1.807) is 6.20 Å². The van der Waals surface area contributed by atoms with Crippen LogP contribution in [0.3, 0.4) is 0 Å². The second-order valence-corrected chi connectivity index (χ2v) is 5.55. The maximum absolute atomic E-state index is 13.8. The third-order valence-corrected chi connectivity index (χ3v) is 3.78. The highest BCUT2D eigenvalue weighted by Gasteiger charge is 2.22. The molecule has 1 unspecified atom stereocenters. The van der Waals surface area contributed by atoms with E-state index < -0.39 is 5.82 Å². The highest BCUT2D eigenvalue weighted by atomic mass is 79.9. The Kier molecular flexibility index (Phi) is 3.51. The van der Waals surface area contributed by atoms with E-state index in [0.717, 1.165) is 24.8 Å². The number of hydrogen-bond donors (Lipinski definition) is 0. The predicted molar refractivity (Wildman–Crippen MR) is 74.6 cm³/mol. The van der Waals surface area contributed by atoms with Gasteiger partial charge in [0.15, 0.2) is 5.82 Å². The Balaban J connectivity index is 1.88. The number of nitrogens with zero attached hydrogens (tertiary/aromatic N) is 1. The molecule has 2 aromatic rings. The van der Waals surface area contributed by atoms with Crippen LogP contribution in [0.25, 0.3) is 0 Å². The average Bonchev–Trinajstić information content (AvgIpc) is 2.42. The first-order valence-corrected chi connectivity index (χ1v) is 7.09. The molecule has 0 N–H and O–H groups in total. The van der Waals surface area contributed by atoms with Crippen molar-refractivity contribution >= 4 is 15.9 Å². The molecule has 19 heavy (non-hydrogen) atoms. The van der Waals surface area contributed by atoms with Crippen molar-refractivity contribution in [1.29, 1.82) is 0 Å². The zero-order valence-corrected chi connectivity index (χ0v) is 11.9. The lowest BCUT2D eigenvalue weighted by atomic mass is 9.89. The Hall–Kier alpha value is -1.42. The molecule has 1 heterocycles. The van der Waals surface area contributed by atoms with E-state index in [2.05, 4.69) is 33.0 Å². The molecule has 2 nitrogen and oxygen atoms in total. The van der Waals surface area contributed by atoms with Gasteiger partial charge in [0.25, 0.3) is 5.88 Å². The molecule has 98 valence electrons. The zero-order chi connectivity index (χ0) is 13.2. The van der Waals surface area contributed by atoms with Crippen LogP contribution in [0.15, 0.2) is 41.0 Å². The van der Waals surface area contributed by atoms with Crippen LogP contribution in [0.5, 0.6) is 5.88 Å². The van der Waals surface area contributed by atoms with Crippen molar-refractivity contribution in [2.24, 2.45) is 0 Å². The summed E-state index contributed by atoms with van der Waals surface area (Å²) in [5, 5.41) is 0. The number of fused-ring (bicyclic) bond motifs is 1. The lowest BCUT2D eigenvalue weighted by Crippen LogP contribution is -2.16. The van der Waals surface area contributed by atoms with Crippen molar-refractivity contribution in [2.75, 3.05) is 0 Å². The van der Waals surface area contributed by atoms with E-state index in [1.807, 2.05) is 12.1 Å². The smallest absolute Gasteiger partial charge is 0.251 e. The summed E-state index contributed by atoms with van der Waals surface area (Å²) in [7, 11) is 0. The number of pyridine rings is 1. The second kappa shape index (κ2) is 5.29. The Labute approximate surface area is 119 Å². The lowest BCUT2D eigenvalue weighted by molar-refractivity contribution is 0.167. The van der Waals surface area contributed by atoms with E-state index in [9.17, 15) is 4.39 Å². The largest absolute Gasteiger partial charge is 0.467 e. The molecule has 1 aromatic carbocycles. The molecule has 0 saturated heterocycles. The molecule has 4 heteroatoms. The fourth-order valence-electron chi connectivity index (χ4n) is 2.46. The molecule has 0 spiro atoms. The number of hydrogen-bond acceptors (Lipinski definition) is 2. The lowest BCUT2D eigenvalue weighted by Gasteiger charge is -2.25. The molecule has 3 rings (SSSR count). The van der Waals surface area contributed by atoms with Gasteiger partial charge in [0, 0.05) is 10.7 Å².